The van der Waals surface area contributed by atoms with Crippen molar-refractivity contribution in [3.8, 4) is 0 Å². The fraction of sp³-hybridized carbons (Fsp3) is 0.462. The van der Waals surface area contributed by atoms with Crippen LogP contribution in [0, 0.1) is 0 Å². The fourth-order valence-corrected chi connectivity index (χ4v) is 2.44. The van der Waals surface area contributed by atoms with E-state index in [2.05, 4.69) is 25.8 Å². The first kappa shape index (κ1) is 13.5. The molecule has 110 valence electrons. The highest BCUT2D eigenvalue weighted by atomic mass is 16.2. The molecule has 0 spiro atoms. The van der Waals surface area contributed by atoms with Crippen LogP contribution in [0.3, 0.4) is 0 Å². The van der Waals surface area contributed by atoms with Crippen molar-refractivity contribution in [3.05, 3.63) is 39.6 Å². The van der Waals surface area contributed by atoms with Crippen LogP contribution in [-0.2, 0) is 19.4 Å². The van der Waals surface area contributed by atoms with Gasteiger partial charge in [0, 0.05) is 12.6 Å². The van der Waals surface area contributed by atoms with Gasteiger partial charge in [0.15, 0.2) is 5.69 Å². The first-order valence-corrected chi connectivity index (χ1v) is 6.98. The lowest BCUT2D eigenvalue weighted by Gasteiger charge is -2.15. The molecule has 0 aromatic carbocycles. The summed E-state index contributed by atoms with van der Waals surface area (Å²) in [7, 11) is 0. The van der Waals surface area contributed by atoms with Crippen molar-refractivity contribution in [3.63, 3.8) is 0 Å². The van der Waals surface area contributed by atoms with E-state index in [0.717, 1.165) is 36.9 Å². The summed E-state index contributed by atoms with van der Waals surface area (Å²) in [6.45, 7) is 0.660. The third kappa shape index (κ3) is 2.99. The quantitative estimate of drug-likeness (QED) is 0.801. The summed E-state index contributed by atoms with van der Waals surface area (Å²) >= 11 is 0. The number of hydrogen-bond acceptors (Lipinski definition) is 5. The van der Waals surface area contributed by atoms with E-state index in [1.807, 2.05) is 0 Å². The zero-order valence-corrected chi connectivity index (χ0v) is 11.5. The van der Waals surface area contributed by atoms with Gasteiger partial charge in [0.2, 0.25) is 0 Å². The number of aryl methyl sites for hydroxylation is 2. The molecule has 2 heterocycles. The normalized spacial score (nSPS) is 13.7. The minimum absolute atomic E-state index is 0.119. The Hall–Kier alpha value is -2.51. The molecular weight excluding hydrogens is 272 g/mol. The van der Waals surface area contributed by atoms with Gasteiger partial charge in [-0.15, -0.1) is 0 Å². The maximum atomic E-state index is 12.0. The van der Waals surface area contributed by atoms with Crippen LogP contribution in [0.2, 0.25) is 0 Å². The molecule has 8 nitrogen and oxygen atoms in total. The maximum Gasteiger partial charge on any atom is 0.273 e. The molecule has 0 fully saturated rings. The predicted octanol–water partition coefficient (Wildman–Crippen LogP) is -0.330. The molecule has 0 bridgehead atoms. The number of aromatic nitrogens is 5. The van der Waals surface area contributed by atoms with Crippen LogP contribution >= 0.6 is 0 Å². The first-order chi connectivity index (χ1) is 10.2. The molecule has 1 aliphatic rings. The lowest BCUT2D eigenvalue weighted by atomic mass is 9.97. The predicted molar refractivity (Wildman–Crippen MR) is 73.9 cm³/mol. The van der Waals surface area contributed by atoms with Gasteiger partial charge in [-0.1, -0.05) is 0 Å². The topological polar surface area (TPSA) is 106 Å². The summed E-state index contributed by atoms with van der Waals surface area (Å²) in [6.07, 6.45) is 5.42. The number of nitrogens with zero attached hydrogens (tertiary/aromatic N) is 4. The fourth-order valence-electron chi connectivity index (χ4n) is 2.44. The van der Waals surface area contributed by atoms with E-state index < -0.39 is 0 Å². The largest absolute Gasteiger partial charge is 0.349 e. The first-order valence-electron chi connectivity index (χ1n) is 6.98. The maximum absolute atomic E-state index is 12.0. The van der Waals surface area contributed by atoms with Crippen molar-refractivity contribution in [2.24, 2.45) is 0 Å². The number of rotatable bonds is 4. The molecule has 0 atom stereocenters. The van der Waals surface area contributed by atoms with Gasteiger partial charge >= 0.3 is 0 Å². The molecule has 2 aromatic heterocycles. The highest BCUT2D eigenvalue weighted by molar-refractivity contribution is 5.91. The molecular formula is C13H16N6O2. The van der Waals surface area contributed by atoms with Crippen molar-refractivity contribution >= 4 is 5.91 Å². The van der Waals surface area contributed by atoms with Gasteiger partial charge < -0.3 is 5.32 Å². The van der Waals surface area contributed by atoms with E-state index in [-0.39, 0.29) is 17.2 Å². The minimum atomic E-state index is -0.324. The van der Waals surface area contributed by atoms with E-state index in [0.29, 0.717) is 13.1 Å². The number of carbonyl (C=O) groups is 1. The second-order valence-corrected chi connectivity index (χ2v) is 5.00. The highest BCUT2D eigenvalue weighted by Crippen LogP contribution is 2.16. The lowest BCUT2D eigenvalue weighted by Crippen LogP contribution is -2.33. The third-order valence-electron chi connectivity index (χ3n) is 3.53. The zero-order valence-electron chi connectivity index (χ0n) is 11.5. The SMILES string of the molecule is O=C(NCCn1nc2c(cc1=O)CCCC2)c1cn[nH]n1. The van der Waals surface area contributed by atoms with Crippen LogP contribution < -0.4 is 10.9 Å². The molecule has 2 aromatic rings. The van der Waals surface area contributed by atoms with Crippen LogP contribution in [0.1, 0.15) is 34.6 Å². The Bertz CT molecular complexity index is 691. The van der Waals surface area contributed by atoms with E-state index in [1.165, 1.54) is 10.9 Å². The third-order valence-corrected chi connectivity index (χ3v) is 3.53. The average Bonchev–Trinajstić information content (AvgIpc) is 3.02. The number of amides is 1. The van der Waals surface area contributed by atoms with Gasteiger partial charge in [0.25, 0.3) is 11.5 Å². The van der Waals surface area contributed by atoms with Crippen molar-refractivity contribution in [2.45, 2.75) is 32.2 Å². The van der Waals surface area contributed by atoms with Crippen molar-refractivity contribution in [1.29, 1.82) is 0 Å². The Morgan fingerprint density at radius 2 is 2.24 bits per heavy atom. The second-order valence-electron chi connectivity index (χ2n) is 5.00. The second kappa shape index (κ2) is 5.86. The Kier molecular flexibility index (Phi) is 3.76. The van der Waals surface area contributed by atoms with Gasteiger partial charge in [0.05, 0.1) is 18.4 Å². The number of carbonyl (C=O) groups excluding carboxylic acids is 1. The highest BCUT2D eigenvalue weighted by Gasteiger charge is 2.13. The van der Waals surface area contributed by atoms with Crippen LogP contribution in [-0.4, -0.2) is 37.6 Å². The van der Waals surface area contributed by atoms with Crippen LogP contribution in [0.15, 0.2) is 17.1 Å². The molecule has 21 heavy (non-hydrogen) atoms. The molecule has 3 rings (SSSR count). The van der Waals surface area contributed by atoms with Crippen LogP contribution in [0.5, 0.6) is 0 Å². The standard InChI is InChI=1S/C13H16N6O2/c20-12-7-9-3-1-2-4-10(9)17-19(12)6-5-14-13(21)11-8-15-18-16-11/h7-8H,1-6H2,(H,14,21)(H,15,16,18). The summed E-state index contributed by atoms with van der Waals surface area (Å²) in [4.78, 5) is 23.6. The van der Waals surface area contributed by atoms with Gasteiger partial charge in [0.1, 0.15) is 0 Å². The molecule has 8 heteroatoms. The summed E-state index contributed by atoms with van der Waals surface area (Å²) in [5.41, 5.74) is 2.17. The molecule has 2 N–H and O–H groups in total. The van der Waals surface area contributed by atoms with Crippen molar-refractivity contribution < 1.29 is 4.79 Å². The minimum Gasteiger partial charge on any atom is -0.349 e. The number of fused-ring (bicyclic) bond motifs is 1. The van der Waals surface area contributed by atoms with Gasteiger partial charge in [-0.25, -0.2) is 4.68 Å². The van der Waals surface area contributed by atoms with Gasteiger partial charge in [-0.3, -0.25) is 9.59 Å². The Morgan fingerprint density at radius 3 is 3.05 bits per heavy atom. The number of H-pyrrole nitrogens is 1. The molecule has 0 saturated carbocycles. The molecule has 0 unspecified atom stereocenters. The average molecular weight is 288 g/mol. The molecule has 0 aliphatic heterocycles. The molecule has 1 amide bonds. The molecule has 0 radical (unpaired) electrons. The summed E-state index contributed by atoms with van der Waals surface area (Å²) in [6, 6.07) is 1.67. The van der Waals surface area contributed by atoms with Crippen LogP contribution in [0.25, 0.3) is 0 Å². The van der Waals surface area contributed by atoms with Gasteiger partial charge in [-0.2, -0.15) is 20.5 Å². The Labute approximate surface area is 120 Å². The van der Waals surface area contributed by atoms with Gasteiger partial charge in [-0.05, 0) is 31.2 Å². The van der Waals surface area contributed by atoms with E-state index in [1.54, 1.807) is 6.07 Å². The van der Waals surface area contributed by atoms with E-state index in [4.69, 9.17) is 0 Å². The Balaban J connectivity index is 1.63. The van der Waals surface area contributed by atoms with E-state index in [9.17, 15) is 9.59 Å². The number of hydrogen-bond donors (Lipinski definition) is 2. The summed E-state index contributed by atoms with van der Waals surface area (Å²) < 4.78 is 1.41. The number of aromatic amines is 1. The lowest BCUT2D eigenvalue weighted by molar-refractivity contribution is 0.0946. The van der Waals surface area contributed by atoms with Crippen LogP contribution in [0.4, 0.5) is 0 Å². The summed E-state index contributed by atoms with van der Waals surface area (Å²) in [5.74, 6) is -0.324. The van der Waals surface area contributed by atoms with Crippen molar-refractivity contribution in [2.75, 3.05) is 6.54 Å². The monoisotopic (exact) mass is 288 g/mol. The molecule has 0 saturated heterocycles. The van der Waals surface area contributed by atoms with E-state index >= 15 is 0 Å². The molecule has 1 aliphatic carbocycles. The smallest absolute Gasteiger partial charge is 0.273 e. The Morgan fingerprint density at radius 1 is 1.38 bits per heavy atom. The summed E-state index contributed by atoms with van der Waals surface area (Å²) in [5, 5.41) is 16.7. The zero-order chi connectivity index (χ0) is 14.7. The van der Waals surface area contributed by atoms with Crippen molar-refractivity contribution in [1.82, 2.24) is 30.5 Å². The number of nitrogens with one attached hydrogen (secondary N) is 2.